The Kier molecular flexibility index (Phi) is 3.87. The van der Waals surface area contributed by atoms with Crippen molar-refractivity contribution in [1.29, 1.82) is 0 Å². The molecule has 0 aliphatic rings. The van der Waals surface area contributed by atoms with Gasteiger partial charge in [-0.25, -0.2) is 0 Å². The molecule has 0 bridgehead atoms. The number of hydrogen-bond acceptors (Lipinski definition) is 3. The molecule has 0 heterocycles. The Morgan fingerprint density at radius 1 is 1.46 bits per heavy atom. The topological polar surface area (TPSA) is 98.2 Å². The van der Waals surface area contributed by atoms with Crippen LogP contribution in [0.15, 0.2) is 0 Å². The van der Waals surface area contributed by atoms with Crippen LogP contribution in [-0.4, -0.2) is 23.4 Å². The van der Waals surface area contributed by atoms with Crippen molar-refractivity contribution in [3.8, 4) is 0 Å². The van der Waals surface area contributed by atoms with E-state index in [0.29, 0.717) is 0 Å². The van der Waals surface area contributed by atoms with Crippen molar-refractivity contribution in [3.63, 3.8) is 0 Å². The average molecular weight is 187 g/mol. The lowest BCUT2D eigenvalue weighted by Gasteiger charge is -2.22. The second-order valence-corrected chi connectivity index (χ2v) is 3.72. The molecular formula is C8H17N3O2. The molecule has 0 aromatic heterocycles. The maximum atomic E-state index is 11.2. The Morgan fingerprint density at radius 2 is 1.92 bits per heavy atom. The molecule has 5 heteroatoms. The third-order valence-electron chi connectivity index (χ3n) is 1.58. The number of rotatable bonds is 4. The Morgan fingerprint density at radius 3 is 2.23 bits per heavy atom. The molecule has 0 aliphatic heterocycles. The van der Waals surface area contributed by atoms with E-state index in [1.54, 1.807) is 20.8 Å². The van der Waals surface area contributed by atoms with Crippen molar-refractivity contribution in [2.45, 2.75) is 38.8 Å². The highest BCUT2D eigenvalue weighted by atomic mass is 16.2. The molecule has 13 heavy (non-hydrogen) atoms. The van der Waals surface area contributed by atoms with Crippen LogP contribution in [0.4, 0.5) is 0 Å². The number of primary amides is 1. The van der Waals surface area contributed by atoms with Crippen LogP contribution in [-0.2, 0) is 9.59 Å². The van der Waals surface area contributed by atoms with Crippen molar-refractivity contribution in [2.24, 2.45) is 11.5 Å². The van der Waals surface area contributed by atoms with Crippen molar-refractivity contribution in [2.75, 3.05) is 0 Å². The zero-order chi connectivity index (χ0) is 10.6. The molecule has 2 amide bonds. The lowest BCUT2D eigenvalue weighted by Crippen LogP contribution is -2.53. The second-order valence-electron chi connectivity index (χ2n) is 3.72. The summed E-state index contributed by atoms with van der Waals surface area (Å²) in [6.45, 7) is 4.82. The third kappa shape index (κ3) is 4.47. The highest BCUT2D eigenvalue weighted by Crippen LogP contribution is 2.01. The van der Waals surface area contributed by atoms with E-state index in [0.717, 1.165) is 0 Å². The van der Waals surface area contributed by atoms with Gasteiger partial charge in [-0.1, -0.05) is 0 Å². The largest absolute Gasteiger partial charge is 0.368 e. The number of nitrogens with one attached hydrogen (secondary N) is 1. The fourth-order valence-electron chi connectivity index (χ4n) is 0.754. The molecule has 0 aliphatic carbocycles. The van der Waals surface area contributed by atoms with E-state index in [2.05, 4.69) is 5.32 Å². The number of carbonyl (C=O) groups is 2. The van der Waals surface area contributed by atoms with Gasteiger partial charge >= 0.3 is 0 Å². The summed E-state index contributed by atoms with van der Waals surface area (Å²) in [7, 11) is 0. The SMILES string of the molecule is CC(N)CC(=O)NC(C)(C)C(N)=O. The molecule has 5 N–H and O–H groups in total. The van der Waals surface area contributed by atoms with Gasteiger partial charge in [0.2, 0.25) is 11.8 Å². The Balaban J connectivity index is 4.12. The minimum atomic E-state index is -1.01. The van der Waals surface area contributed by atoms with Gasteiger partial charge < -0.3 is 16.8 Å². The maximum absolute atomic E-state index is 11.2. The van der Waals surface area contributed by atoms with Gasteiger partial charge in [-0.05, 0) is 20.8 Å². The lowest BCUT2D eigenvalue weighted by atomic mass is 10.0. The van der Waals surface area contributed by atoms with Crippen molar-refractivity contribution in [3.05, 3.63) is 0 Å². The predicted molar refractivity (Wildman–Crippen MR) is 49.7 cm³/mol. The summed E-state index contributed by atoms with van der Waals surface area (Å²) in [5.41, 5.74) is 9.47. The molecule has 76 valence electrons. The van der Waals surface area contributed by atoms with Gasteiger partial charge in [0, 0.05) is 12.5 Å². The molecule has 0 radical (unpaired) electrons. The average Bonchev–Trinajstić information content (AvgIpc) is 1.82. The first-order chi connectivity index (χ1) is 5.75. The molecule has 1 unspecified atom stereocenters. The molecule has 0 spiro atoms. The van der Waals surface area contributed by atoms with Gasteiger partial charge in [-0.2, -0.15) is 0 Å². The van der Waals surface area contributed by atoms with E-state index in [1.807, 2.05) is 0 Å². The third-order valence-corrected chi connectivity index (χ3v) is 1.58. The van der Waals surface area contributed by atoms with Crippen molar-refractivity contribution in [1.82, 2.24) is 5.32 Å². The van der Waals surface area contributed by atoms with E-state index in [4.69, 9.17) is 11.5 Å². The first-order valence-corrected chi connectivity index (χ1v) is 4.12. The van der Waals surface area contributed by atoms with Crippen LogP contribution >= 0.6 is 0 Å². The second kappa shape index (κ2) is 4.23. The molecular weight excluding hydrogens is 170 g/mol. The molecule has 0 aromatic carbocycles. The molecule has 0 fully saturated rings. The van der Waals surface area contributed by atoms with E-state index in [-0.39, 0.29) is 18.4 Å². The summed E-state index contributed by atoms with van der Waals surface area (Å²) in [6.07, 6.45) is 0.191. The van der Waals surface area contributed by atoms with E-state index in [9.17, 15) is 9.59 Å². The molecule has 1 atom stereocenters. The van der Waals surface area contributed by atoms with Gasteiger partial charge in [-0.3, -0.25) is 9.59 Å². The zero-order valence-corrected chi connectivity index (χ0v) is 8.26. The van der Waals surface area contributed by atoms with Gasteiger partial charge in [0.25, 0.3) is 0 Å². The summed E-state index contributed by atoms with van der Waals surface area (Å²) in [5.74, 6) is -0.829. The highest BCUT2D eigenvalue weighted by molar-refractivity contribution is 5.89. The van der Waals surface area contributed by atoms with Gasteiger partial charge in [0.1, 0.15) is 5.54 Å². The van der Waals surface area contributed by atoms with Crippen LogP contribution in [0.5, 0.6) is 0 Å². The van der Waals surface area contributed by atoms with Gasteiger partial charge in [0.15, 0.2) is 0 Å². The Hall–Kier alpha value is -1.10. The maximum Gasteiger partial charge on any atom is 0.242 e. The number of amides is 2. The number of nitrogens with two attached hydrogens (primary N) is 2. The van der Waals surface area contributed by atoms with Crippen molar-refractivity contribution < 1.29 is 9.59 Å². The first-order valence-electron chi connectivity index (χ1n) is 4.12. The highest BCUT2D eigenvalue weighted by Gasteiger charge is 2.26. The van der Waals surface area contributed by atoms with Gasteiger partial charge in [-0.15, -0.1) is 0 Å². The summed E-state index contributed by atoms with van der Waals surface area (Å²) < 4.78 is 0. The first kappa shape index (κ1) is 11.9. The Bertz CT molecular complexity index is 211. The molecule has 5 nitrogen and oxygen atoms in total. The molecule has 0 saturated carbocycles. The van der Waals surface area contributed by atoms with Crippen LogP contribution in [0.25, 0.3) is 0 Å². The van der Waals surface area contributed by atoms with Crippen LogP contribution < -0.4 is 16.8 Å². The van der Waals surface area contributed by atoms with E-state index < -0.39 is 11.4 Å². The van der Waals surface area contributed by atoms with Gasteiger partial charge in [0.05, 0.1) is 0 Å². The molecule has 0 saturated heterocycles. The summed E-state index contributed by atoms with van der Waals surface area (Å²) in [4.78, 5) is 22.0. The minimum Gasteiger partial charge on any atom is -0.368 e. The standard InChI is InChI=1S/C8H17N3O2/c1-5(9)4-6(12)11-8(2,3)7(10)13/h5H,4,9H2,1-3H3,(H2,10,13)(H,11,12). The molecule has 0 aromatic rings. The fraction of sp³-hybridized carbons (Fsp3) is 0.750. The van der Waals surface area contributed by atoms with Crippen molar-refractivity contribution >= 4 is 11.8 Å². The smallest absolute Gasteiger partial charge is 0.242 e. The van der Waals surface area contributed by atoms with Crippen LogP contribution in [0, 0.1) is 0 Å². The summed E-state index contributed by atoms with van der Waals surface area (Å²) in [6, 6.07) is -0.219. The normalized spacial score (nSPS) is 13.5. The number of carbonyl (C=O) groups excluding carboxylic acids is 2. The van der Waals surface area contributed by atoms with Crippen LogP contribution in [0.2, 0.25) is 0 Å². The summed E-state index contributed by atoms with van der Waals surface area (Å²) in [5, 5.41) is 2.49. The quantitative estimate of drug-likeness (QED) is 0.532. The van der Waals surface area contributed by atoms with E-state index >= 15 is 0 Å². The van der Waals surface area contributed by atoms with E-state index in [1.165, 1.54) is 0 Å². The number of hydrogen-bond donors (Lipinski definition) is 3. The molecule has 0 rings (SSSR count). The zero-order valence-electron chi connectivity index (χ0n) is 8.26. The predicted octanol–water partition coefficient (Wildman–Crippen LogP) is -0.896. The van der Waals surface area contributed by atoms with Crippen LogP contribution in [0.1, 0.15) is 27.2 Å². The fourth-order valence-corrected chi connectivity index (χ4v) is 0.754. The minimum absolute atomic E-state index is 0.191. The monoisotopic (exact) mass is 187 g/mol. The Labute approximate surface area is 77.8 Å². The summed E-state index contributed by atoms with van der Waals surface area (Å²) >= 11 is 0. The van der Waals surface area contributed by atoms with Crippen LogP contribution in [0.3, 0.4) is 0 Å². The lowest BCUT2D eigenvalue weighted by molar-refractivity contribution is -0.130.